The molecule has 0 aromatic carbocycles. The molecule has 0 amide bonds. The number of halogens is 2. The van der Waals surface area contributed by atoms with Crippen molar-refractivity contribution in [3.8, 4) is 0 Å². The van der Waals surface area contributed by atoms with Crippen molar-refractivity contribution in [2.24, 2.45) is 11.3 Å². The van der Waals surface area contributed by atoms with Gasteiger partial charge in [0.25, 0.3) is 0 Å². The van der Waals surface area contributed by atoms with Crippen molar-refractivity contribution >= 4 is 5.97 Å². The molecule has 11 heavy (non-hydrogen) atoms. The van der Waals surface area contributed by atoms with E-state index in [1.807, 2.05) is 0 Å². The van der Waals surface area contributed by atoms with Crippen LogP contribution in [0.25, 0.3) is 0 Å². The Morgan fingerprint density at radius 2 is 2.00 bits per heavy atom. The zero-order valence-electron chi connectivity index (χ0n) is 5.81. The van der Waals surface area contributed by atoms with Gasteiger partial charge >= 0.3 is 5.97 Å². The highest BCUT2D eigenvalue weighted by molar-refractivity contribution is 5.75. The van der Waals surface area contributed by atoms with Gasteiger partial charge in [-0.2, -0.15) is 0 Å². The minimum atomic E-state index is -2.58. The van der Waals surface area contributed by atoms with Gasteiger partial charge in [0, 0.05) is 12.8 Å². The number of carboxylic acids is 1. The first-order valence-corrected chi connectivity index (χ1v) is 3.56. The summed E-state index contributed by atoms with van der Waals surface area (Å²) in [6.45, 7) is 0. The largest absolute Gasteiger partial charge is 0.481 e. The first-order valence-electron chi connectivity index (χ1n) is 3.56. The summed E-state index contributed by atoms with van der Waals surface area (Å²) in [5.74, 6) is -3.98. The van der Waals surface area contributed by atoms with Crippen molar-refractivity contribution in [1.29, 1.82) is 0 Å². The van der Waals surface area contributed by atoms with E-state index in [1.54, 1.807) is 0 Å². The molecule has 4 heteroatoms. The minimum absolute atomic E-state index is 0.211. The standard InChI is InChI=1S/C7H8F2O2/c8-7(9)2-6(3-7)1-4(6)5(10)11/h4H,1-3H2,(H,10,11). The van der Waals surface area contributed by atoms with E-state index >= 15 is 0 Å². The van der Waals surface area contributed by atoms with E-state index in [2.05, 4.69) is 0 Å². The molecule has 1 N–H and O–H groups in total. The van der Waals surface area contributed by atoms with Gasteiger partial charge in [-0.15, -0.1) is 0 Å². The third kappa shape index (κ3) is 0.847. The number of aliphatic carboxylic acids is 1. The molecule has 2 aliphatic carbocycles. The Morgan fingerprint density at radius 1 is 1.45 bits per heavy atom. The van der Waals surface area contributed by atoms with Crippen LogP contribution in [0, 0.1) is 11.3 Å². The second-order valence-electron chi connectivity index (χ2n) is 3.67. The highest BCUT2D eigenvalue weighted by Crippen LogP contribution is 2.70. The molecular weight excluding hydrogens is 154 g/mol. The predicted octanol–water partition coefficient (Wildman–Crippen LogP) is 1.51. The molecule has 0 aromatic rings. The lowest BCUT2D eigenvalue weighted by atomic mass is 9.76. The van der Waals surface area contributed by atoms with E-state index < -0.39 is 23.2 Å². The fraction of sp³-hybridized carbons (Fsp3) is 0.857. The molecule has 2 saturated carbocycles. The van der Waals surface area contributed by atoms with Crippen molar-refractivity contribution in [3.63, 3.8) is 0 Å². The Kier molecular flexibility index (Phi) is 0.997. The summed E-state index contributed by atoms with van der Waals surface area (Å²) in [6.07, 6.45) is 0.0336. The number of hydrogen-bond donors (Lipinski definition) is 1. The molecule has 0 heterocycles. The highest BCUT2D eigenvalue weighted by atomic mass is 19.3. The Hall–Kier alpha value is -0.670. The summed E-state index contributed by atoms with van der Waals surface area (Å²) in [7, 11) is 0. The molecule has 2 nitrogen and oxygen atoms in total. The van der Waals surface area contributed by atoms with Gasteiger partial charge in [-0.1, -0.05) is 0 Å². The topological polar surface area (TPSA) is 37.3 Å². The number of rotatable bonds is 1. The van der Waals surface area contributed by atoms with Gasteiger partial charge in [0.2, 0.25) is 5.92 Å². The van der Waals surface area contributed by atoms with Gasteiger partial charge in [-0.25, -0.2) is 8.78 Å². The zero-order chi connectivity index (χ0) is 8.28. The van der Waals surface area contributed by atoms with Gasteiger partial charge < -0.3 is 5.11 Å². The van der Waals surface area contributed by atoms with Crippen LogP contribution in [0.3, 0.4) is 0 Å². The molecule has 1 unspecified atom stereocenters. The maximum atomic E-state index is 12.3. The normalized spacial score (nSPS) is 36.4. The second kappa shape index (κ2) is 1.57. The number of alkyl halides is 2. The lowest BCUT2D eigenvalue weighted by molar-refractivity contribution is -0.149. The monoisotopic (exact) mass is 162 g/mol. The van der Waals surface area contributed by atoms with Crippen LogP contribution in [-0.4, -0.2) is 17.0 Å². The third-order valence-corrected chi connectivity index (χ3v) is 2.71. The average Bonchev–Trinajstić information content (AvgIpc) is 2.38. The van der Waals surface area contributed by atoms with Crippen LogP contribution in [0.2, 0.25) is 0 Å². The Balaban J connectivity index is 1.98. The summed E-state index contributed by atoms with van der Waals surface area (Å²) in [4.78, 5) is 10.3. The third-order valence-electron chi connectivity index (χ3n) is 2.71. The van der Waals surface area contributed by atoms with Crippen LogP contribution in [0.4, 0.5) is 8.78 Å². The number of carbonyl (C=O) groups is 1. The van der Waals surface area contributed by atoms with Gasteiger partial charge in [0.1, 0.15) is 0 Å². The fourth-order valence-corrected chi connectivity index (χ4v) is 2.07. The molecular formula is C7H8F2O2. The van der Waals surface area contributed by atoms with E-state index in [0.717, 1.165) is 0 Å². The van der Waals surface area contributed by atoms with E-state index in [9.17, 15) is 13.6 Å². The highest BCUT2D eigenvalue weighted by Gasteiger charge is 2.71. The maximum Gasteiger partial charge on any atom is 0.307 e. The molecule has 0 radical (unpaired) electrons. The van der Waals surface area contributed by atoms with Gasteiger partial charge in [-0.3, -0.25) is 4.79 Å². The van der Waals surface area contributed by atoms with Crippen LogP contribution in [0.5, 0.6) is 0 Å². The van der Waals surface area contributed by atoms with Crippen molar-refractivity contribution in [2.75, 3.05) is 0 Å². The van der Waals surface area contributed by atoms with Gasteiger partial charge in [-0.05, 0) is 11.8 Å². The van der Waals surface area contributed by atoms with Crippen LogP contribution in [0.1, 0.15) is 19.3 Å². The lowest BCUT2D eigenvalue weighted by Gasteiger charge is -2.35. The molecule has 1 atom stereocenters. The average molecular weight is 162 g/mol. The smallest absolute Gasteiger partial charge is 0.307 e. The summed E-state index contributed by atoms with van der Waals surface area (Å²) in [5, 5.41) is 8.48. The van der Waals surface area contributed by atoms with Gasteiger partial charge in [0.05, 0.1) is 5.92 Å². The lowest BCUT2D eigenvalue weighted by Crippen LogP contribution is -2.39. The van der Waals surface area contributed by atoms with E-state index in [-0.39, 0.29) is 12.8 Å². The zero-order valence-corrected chi connectivity index (χ0v) is 5.81. The van der Waals surface area contributed by atoms with E-state index in [1.165, 1.54) is 0 Å². The van der Waals surface area contributed by atoms with Crippen LogP contribution in [-0.2, 0) is 4.79 Å². The number of hydrogen-bond acceptors (Lipinski definition) is 1. The van der Waals surface area contributed by atoms with E-state index in [4.69, 9.17) is 5.11 Å². The Bertz CT molecular complexity index is 216. The van der Waals surface area contributed by atoms with Gasteiger partial charge in [0.15, 0.2) is 0 Å². The van der Waals surface area contributed by atoms with Crippen molar-refractivity contribution < 1.29 is 18.7 Å². The molecule has 0 aromatic heterocycles. The first kappa shape index (κ1) is 7.00. The SMILES string of the molecule is O=C(O)C1CC12CC(F)(F)C2. The van der Waals surface area contributed by atoms with Crippen LogP contribution in [0.15, 0.2) is 0 Å². The molecule has 2 rings (SSSR count). The molecule has 0 saturated heterocycles. The van der Waals surface area contributed by atoms with Crippen LogP contribution >= 0.6 is 0 Å². The minimum Gasteiger partial charge on any atom is -0.481 e. The van der Waals surface area contributed by atoms with Crippen molar-refractivity contribution in [1.82, 2.24) is 0 Å². The number of carboxylic acid groups (broad SMARTS) is 1. The second-order valence-corrected chi connectivity index (χ2v) is 3.67. The van der Waals surface area contributed by atoms with Crippen LogP contribution < -0.4 is 0 Å². The summed E-state index contributed by atoms with van der Waals surface area (Å²) in [6, 6.07) is 0. The quantitative estimate of drug-likeness (QED) is 0.634. The first-order chi connectivity index (χ1) is 4.95. The van der Waals surface area contributed by atoms with Crippen molar-refractivity contribution in [3.05, 3.63) is 0 Å². The molecule has 1 spiro atoms. The maximum absolute atomic E-state index is 12.3. The fourth-order valence-electron chi connectivity index (χ4n) is 2.07. The Labute approximate surface area is 62.2 Å². The van der Waals surface area contributed by atoms with Crippen molar-refractivity contribution in [2.45, 2.75) is 25.2 Å². The summed E-state index contributed by atoms with van der Waals surface area (Å²) in [5.41, 5.74) is -0.505. The molecule has 0 aliphatic heterocycles. The molecule has 62 valence electrons. The summed E-state index contributed by atoms with van der Waals surface area (Å²) >= 11 is 0. The Morgan fingerprint density at radius 3 is 2.27 bits per heavy atom. The summed E-state index contributed by atoms with van der Waals surface area (Å²) < 4.78 is 24.6. The molecule has 2 aliphatic rings. The predicted molar refractivity (Wildman–Crippen MR) is 32.4 cm³/mol. The molecule has 0 bridgehead atoms. The van der Waals surface area contributed by atoms with E-state index in [0.29, 0.717) is 6.42 Å². The molecule has 2 fully saturated rings.